The maximum Gasteiger partial charge on any atom is 0.244 e. The number of carbonyl (C=O) groups excluding carboxylic acids is 1. The smallest absolute Gasteiger partial charge is 0.244 e. The van der Waals surface area contributed by atoms with E-state index in [9.17, 15) is 26.4 Å². The van der Waals surface area contributed by atoms with E-state index in [4.69, 9.17) is 5.73 Å². The van der Waals surface area contributed by atoms with Crippen molar-refractivity contribution < 1.29 is 26.4 Å². The zero-order chi connectivity index (χ0) is 23.1. The number of nitrogens with zero attached hydrogens (tertiary/aromatic N) is 2. The van der Waals surface area contributed by atoms with E-state index in [0.717, 1.165) is 22.2 Å². The molecule has 0 bridgehead atoms. The van der Waals surface area contributed by atoms with E-state index in [1.807, 2.05) is 0 Å². The Bertz CT molecular complexity index is 1330. The zero-order valence-corrected chi connectivity index (χ0v) is 17.6. The summed E-state index contributed by atoms with van der Waals surface area (Å²) in [5, 5.41) is 1.51. The van der Waals surface area contributed by atoms with Gasteiger partial charge in [-0.15, -0.1) is 0 Å². The van der Waals surface area contributed by atoms with E-state index < -0.39 is 38.6 Å². The molecule has 1 amide bonds. The highest BCUT2D eigenvalue weighted by Gasteiger charge is 2.25. The summed E-state index contributed by atoms with van der Waals surface area (Å²) in [6.07, 6.45) is 0.998. The average Bonchev–Trinajstić information content (AvgIpc) is 3.06. The largest absolute Gasteiger partial charge is 0.368 e. The Hall–Kier alpha value is -3.34. The van der Waals surface area contributed by atoms with Crippen LogP contribution in [0.5, 0.6) is 0 Å². The molecule has 3 aromatic rings. The van der Waals surface area contributed by atoms with E-state index in [-0.39, 0.29) is 33.7 Å². The molecule has 2 aromatic carbocycles. The molecule has 0 aliphatic heterocycles. The lowest BCUT2D eigenvalue weighted by Gasteiger charge is -2.13. The molecule has 0 aliphatic carbocycles. The molecule has 31 heavy (non-hydrogen) atoms. The molecule has 0 spiro atoms. The monoisotopic (exact) mass is 452 g/mol. The molecular formula is C20H19F3N4O3S. The molecule has 3 N–H and O–H groups in total. The zero-order valence-electron chi connectivity index (χ0n) is 16.8. The minimum atomic E-state index is -3.90. The molecule has 3 rings (SSSR count). The third kappa shape index (κ3) is 3.88. The number of likely N-dealkylation sites (N-methyl/N-ethyl adjacent to an activating group) is 1. The second kappa shape index (κ2) is 8.06. The third-order valence-electron chi connectivity index (χ3n) is 4.65. The SMILES string of the molecule is CNC(=O)C=C(c1ccc2nc(N)n(S(=O)(=O)C(C)C)c2c1)c1ccc(F)c(F)c1F. The molecule has 0 fully saturated rings. The van der Waals surface area contributed by atoms with Crippen LogP contribution in [-0.2, 0) is 14.8 Å². The third-order valence-corrected chi connectivity index (χ3v) is 6.73. The highest BCUT2D eigenvalue weighted by molar-refractivity contribution is 7.90. The first kappa shape index (κ1) is 22.3. The number of amides is 1. The summed E-state index contributed by atoms with van der Waals surface area (Å²) in [5.74, 6) is -5.47. The topological polar surface area (TPSA) is 107 Å². The van der Waals surface area contributed by atoms with Crippen molar-refractivity contribution >= 4 is 38.5 Å². The van der Waals surface area contributed by atoms with Crippen LogP contribution in [0.1, 0.15) is 25.0 Å². The van der Waals surface area contributed by atoms with Gasteiger partial charge in [0.15, 0.2) is 17.5 Å². The van der Waals surface area contributed by atoms with Crippen LogP contribution in [0.15, 0.2) is 36.4 Å². The second-order valence-electron chi connectivity index (χ2n) is 6.93. The van der Waals surface area contributed by atoms with Gasteiger partial charge in [0.2, 0.25) is 21.9 Å². The quantitative estimate of drug-likeness (QED) is 0.457. The number of nitrogens with one attached hydrogen (secondary N) is 1. The minimum Gasteiger partial charge on any atom is -0.368 e. The van der Waals surface area contributed by atoms with Crippen LogP contribution in [0.2, 0.25) is 0 Å². The lowest BCUT2D eigenvalue weighted by atomic mass is 9.96. The molecule has 11 heteroatoms. The predicted octanol–water partition coefficient (Wildman–Crippen LogP) is 2.80. The fraction of sp³-hybridized carbons (Fsp3) is 0.200. The van der Waals surface area contributed by atoms with Gasteiger partial charge in [-0.1, -0.05) is 6.07 Å². The van der Waals surface area contributed by atoms with E-state index in [1.165, 1.54) is 39.1 Å². The van der Waals surface area contributed by atoms with Gasteiger partial charge in [0.05, 0.1) is 16.3 Å². The van der Waals surface area contributed by atoms with Crippen LogP contribution in [0.3, 0.4) is 0 Å². The molecule has 0 radical (unpaired) electrons. The molecule has 164 valence electrons. The number of rotatable bonds is 5. The first-order valence-electron chi connectivity index (χ1n) is 9.09. The molecule has 0 aliphatic rings. The highest BCUT2D eigenvalue weighted by atomic mass is 32.2. The van der Waals surface area contributed by atoms with E-state index in [0.29, 0.717) is 0 Å². The lowest BCUT2D eigenvalue weighted by Crippen LogP contribution is -2.23. The summed E-state index contributed by atoms with van der Waals surface area (Å²) in [6.45, 7) is 2.94. The van der Waals surface area contributed by atoms with Crippen LogP contribution < -0.4 is 11.1 Å². The van der Waals surface area contributed by atoms with Gasteiger partial charge in [-0.25, -0.2) is 30.5 Å². The first-order valence-corrected chi connectivity index (χ1v) is 10.6. The molecule has 0 atom stereocenters. The summed E-state index contributed by atoms with van der Waals surface area (Å²) in [4.78, 5) is 16.0. The van der Waals surface area contributed by atoms with Crippen LogP contribution >= 0.6 is 0 Å². The average molecular weight is 452 g/mol. The van der Waals surface area contributed by atoms with Gasteiger partial charge in [-0.2, -0.15) is 0 Å². The van der Waals surface area contributed by atoms with Gasteiger partial charge in [-0.3, -0.25) is 4.79 Å². The summed E-state index contributed by atoms with van der Waals surface area (Å²) in [7, 11) is -2.56. The van der Waals surface area contributed by atoms with Crippen molar-refractivity contribution in [3.8, 4) is 0 Å². The van der Waals surface area contributed by atoms with Crippen molar-refractivity contribution in [1.82, 2.24) is 14.3 Å². The van der Waals surface area contributed by atoms with Gasteiger partial charge >= 0.3 is 0 Å². The van der Waals surface area contributed by atoms with Crippen molar-refractivity contribution in [3.05, 3.63) is 65.0 Å². The van der Waals surface area contributed by atoms with Crippen molar-refractivity contribution in [2.24, 2.45) is 0 Å². The maximum absolute atomic E-state index is 14.5. The van der Waals surface area contributed by atoms with Gasteiger partial charge in [0.1, 0.15) is 0 Å². The summed E-state index contributed by atoms with van der Waals surface area (Å²) >= 11 is 0. The Kier molecular flexibility index (Phi) is 5.81. The molecule has 1 heterocycles. The number of hydrogen-bond donors (Lipinski definition) is 2. The Morgan fingerprint density at radius 2 is 1.84 bits per heavy atom. The normalized spacial score (nSPS) is 12.5. The number of carbonyl (C=O) groups is 1. The maximum atomic E-state index is 14.5. The van der Waals surface area contributed by atoms with Crippen LogP contribution in [0, 0.1) is 17.5 Å². The molecule has 1 aromatic heterocycles. The van der Waals surface area contributed by atoms with Gasteiger partial charge in [0, 0.05) is 18.7 Å². The number of anilines is 1. The highest BCUT2D eigenvalue weighted by Crippen LogP contribution is 2.31. The Morgan fingerprint density at radius 3 is 2.45 bits per heavy atom. The number of halogens is 3. The van der Waals surface area contributed by atoms with Crippen molar-refractivity contribution in [1.29, 1.82) is 0 Å². The fourth-order valence-electron chi connectivity index (χ4n) is 2.97. The number of fused-ring (bicyclic) bond motifs is 1. The predicted molar refractivity (Wildman–Crippen MR) is 111 cm³/mol. The van der Waals surface area contributed by atoms with Crippen LogP contribution in [0.4, 0.5) is 19.1 Å². The number of benzene rings is 2. The minimum absolute atomic E-state index is 0.0917. The van der Waals surface area contributed by atoms with Crippen molar-refractivity contribution in [2.75, 3.05) is 12.8 Å². The van der Waals surface area contributed by atoms with E-state index in [1.54, 1.807) is 0 Å². The summed E-state index contributed by atoms with van der Waals surface area (Å²) in [5.41, 5.74) is 5.85. The van der Waals surface area contributed by atoms with Gasteiger partial charge < -0.3 is 11.1 Å². The number of aromatic nitrogens is 2. The summed E-state index contributed by atoms with van der Waals surface area (Å²) in [6, 6.07) is 5.94. The number of nitrogens with two attached hydrogens (primary N) is 1. The van der Waals surface area contributed by atoms with E-state index in [2.05, 4.69) is 10.3 Å². The second-order valence-corrected chi connectivity index (χ2v) is 9.26. The molecule has 0 saturated heterocycles. The summed E-state index contributed by atoms with van der Waals surface area (Å²) < 4.78 is 68.2. The van der Waals surface area contributed by atoms with Gasteiger partial charge in [-0.05, 0) is 49.2 Å². The molecule has 0 saturated carbocycles. The fourth-order valence-corrected chi connectivity index (χ4v) is 4.12. The Morgan fingerprint density at radius 1 is 1.16 bits per heavy atom. The molecule has 0 unspecified atom stereocenters. The number of hydrogen-bond acceptors (Lipinski definition) is 5. The van der Waals surface area contributed by atoms with Crippen molar-refractivity contribution in [3.63, 3.8) is 0 Å². The lowest BCUT2D eigenvalue weighted by molar-refractivity contribution is -0.116. The van der Waals surface area contributed by atoms with Crippen molar-refractivity contribution in [2.45, 2.75) is 19.1 Å². The first-order chi connectivity index (χ1) is 14.5. The van der Waals surface area contributed by atoms with Crippen LogP contribution in [-0.4, -0.2) is 35.6 Å². The number of nitrogen functional groups attached to an aromatic ring is 1. The van der Waals surface area contributed by atoms with E-state index >= 15 is 0 Å². The molecular weight excluding hydrogens is 433 g/mol. The Labute approximate surface area is 176 Å². The Balaban J connectivity index is 2.33. The standard InChI is InChI=1S/C20H19F3N4O3S/c1-10(2)31(29,30)27-16-8-11(4-7-15(16)26-20(27)24)13(9-17(28)25-3)12-5-6-14(21)19(23)18(12)22/h4-10H,1-3H3,(H2,24,26)(H,25,28). The molecule has 7 nitrogen and oxygen atoms in total. The van der Waals surface area contributed by atoms with Gasteiger partial charge in [0.25, 0.3) is 0 Å². The number of imidazole rings is 1. The van der Waals surface area contributed by atoms with Crippen LogP contribution in [0.25, 0.3) is 16.6 Å².